The molecule has 0 unspecified atom stereocenters. The summed E-state index contributed by atoms with van der Waals surface area (Å²) in [6.07, 6.45) is 4.13. The van der Waals surface area contributed by atoms with E-state index in [9.17, 15) is 8.78 Å². The number of ether oxygens (including phenoxy) is 2. The van der Waals surface area contributed by atoms with Crippen LogP contribution < -0.4 is 9.47 Å². The number of pyridine rings is 1. The second-order valence-corrected chi connectivity index (χ2v) is 7.29. The number of aromatic nitrogens is 3. The number of hydrogen-bond donors (Lipinski definition) is 0. The van der Waals surface area contributed by atoms with Gasteiger partial charge in [0.05, 0.1) is 13.3 Å². The molecule has 9 heteroatoms. The van der Waals surface area contributed by atoms with Gasteiger partial charge in [-0.25, -0.2) is 4.68 Å². The highest BCUT2D eigenvalue weighted by Crippen LogP contribution is 2.33. The van der Waals surface area contributed by atoms with Crippen molar-refractivity contribution < 1.29 is 18.3 Å². The summed E-state index contributed by atoms with van der Waals surface area (Å²) in [7, 11) is 0. The highest BCUT2D eigenvalue weighted by Gasteiger charge is 2.30. The van der Waals surface area contributed by atoms with Gasteiger partial charge in [0.2, 0.25) is 4.77 Å². The van der Waals surface area contributed by atoms with Crippen molar-refractivity contribution >= 4 is 17.9 Å². The monoisotopic (exact) mass is 420 g/mol. The minimum absolute atomic E-state index is 0.0474. The Hall–Kier alpha value is -2.52. The Morgan fingerprint density at radius 3 is 2.76 bits per heavy atom. The summed E-state index contributed by atoms with van der Waals surface area (Å²) in [6.45, 7) is 0.478. The van der Waals surface area contributed by atoms with Gasteiger partial charge < -0.3 is 9.47 Å². The van der Waals surface area contributed by atoms with Crippen LogP contribution in [0.15, 0.2) is 42.6 Å². The molecule has 0 aliphatic heterocycles. The number of halogens is 2. The number of benzene rings is 1. The van der Waals surface area contributed by atoms with Gasteiger partial charge in [0, 0.05) is 18.8 Å². The van der Waals surface area contributed by atoms with Crippen molar-refractivity contribution in [3.8, 4) is 11.5 Å². The lowest BCUT2D eigenvalue weighted by atomic mass is 10.2. The molecule has 1 saturated carbocycles. The molecule has 3 aromatic rings. The van der Waals surface area contributed by atoms with Gasteiger partial charge in [-0.15, -0.1) is 0 Å². The normalized spacial score (nSPS) is 14.1. The molecule has 0 bridgehead atoms. The highest BCUT2D eigenvalue weighted by molar-refractivity contribution is 7.71. The first-order valence-electron chi connectivity index (χ1n) is 9.54. The van der Waals surface area contributed by atoms with Gasteiger partial charge in [-0.3, -0.25) is 9.30 Å². The topological polar surface area (TPSA) is 43.9 Å². The average molecular weight is 420 g/mol. The zero-order chi connectivity index (χ0) is 20.4. The van der Waals surface area contributed by atoms with Gasteiger partial charge in [-0.05, 0) is 61.8 Å². The second kappa shape index (κ2) is 8.46. The fraction of sp³-hybridized carbons (Fsp3) is 0.400. The maximum absolute atomic E-state index is 12.6. The predicted molar refractivity (Wildman–Crippen MR) is 107 cm³/mol. The Morgan fingerprint density at radius 1 is 1.24 bits per heavy atom. The molecule has 2 heterocycles. The van der Waals surface area contributed by atoms with Crippen molar-refractivity contribution in [1.29, 1.82) is 0 Å². The summed E-state index contributed by atoms with van der Waals surface area (Å²) in [5, 5.41) is 4.60. The Bertz CT molecular complexity index is 1050. The van der Waals surface area contributed by atoms with Crippen LogP contribution in [0.2, 0.25) is 0 Å². The van der Waals surface area contributed by atoms with Gasteiger partial charge in [-0.1, -0.05) is 12.1 Å². The zero-order valence-electron chi connectivity index (χ0n) is 16.0. The summed E-state index contributed by atoms with van der Waals surface area (Å²) < 4.78 is 39.7. The highest BCUT2D eigenvalue weighted by atomic mass is 32.1. The minimum Gasteiger partial charge on any atom is -0.490 e. The van der Waals surface area contributed by atoms with Gasteiger partial charge in [0.25, 0.3) is 0 Å². The molecule has 1 aliphatic carbocycles. The van der Waals surface area contributed by atoms with Gasteiger partial charge in [0.15, 0.2) is 17.1 Å². The molecule has 0 saturated heterocycles. The molecule has 0 amide bonds. The molecule has 4 rings (SSSR count). The van der Waals surface area contributed by atoms with Crippen LogP contribution >= 0.6 is 12.2 Å². The molecule has 0 atom stereocenters. The van der Waals surface area contributed by atoms with Gasteiger partial charge >= 0.3 is 6.61 Å². The van der Waals surface area contributed by atoms with Crippen LogP contribution in [0.5, 0.6) is 11.5 Å². The molecule has 2 aromatic heterocycles. The van der Waals surface area contributed by atoms with Crippen molar-refractivity contribution in [2.24, 2.45) is 0 Å². The predicted octanol–water partition coefficient (Wildman–Crippen LogP) is 4.49. The van der Waals surface area contributed by atoms with E-state index in [4.69, 9.17) is 17.0 Å². The van der Waals surface area contributed by atoms with Crippen molar-refractivity contribution in [2.75, 3.05) is 6.61 Å². The van der Waals surface area contributed by atoms with E-state index in [0.29, 0.717) is 36.4 Å². The van der Waals surface area contributed by atoms with E-state index in [1.54, 1.807) is 19.1 Å². The quantitative estimate of drug-likeness (QED) is 0.478. The molecule has 0 N–H and O–H groups in total. The standard InChI is InChI=1S/C20H22F2N4O2S/c1-2-27-17-11-14(6-9-16(17)28-19(21)22)12-24(15-7-8-15)13-26-20(29)25-10-4-3-5-18(25)23-26/h3-6,9-11,15,19H,2,7-8,12-13H2,1H3. The average Bonchev–Trinajstić information content (AvgIpc) is 3.49. The van der Waals surface area contributed by atoms with E-state index in [1.807, 2.05) is 33.5 Å². The van der Waals surface area contributed by atoms with E-state index < -0.39 is 6.61 Å². The molecule has 1 aliphatic rings. The van der Waals surface area contributed by atoms with E-state index in [-0.39, 0.29) is 5.75 Å². The number of rotatable bonds is 9. The summed E-state index contributed by atoms with van der Waals surface area (Å²) in [5.41, 5.74) is 1.76. The van der Waals surface area contributed by atoms with Crippen molar-refractivity contribution in [3.63, 3.8) is 0 Å². The lowest BCUT2D eigenvalue weighted by molar-refractivity contribution is -0.0514. The largest absolute Gasteiger partial charge is 0.490 e. The second-order valence-electron chi connectivity index (χ2n) is 6.92. The van der Waals surface area contributed by atoms with Crippen LogP contribution in [-0.2, 0) is 13.2 Å². The smallest absolute Gasteiger partial charge is 0.387 e. The first kappa shape index (κ1) is 19.8. The Balaban J connectivity index is 1.56. The maximum atomic E-state index is 12.6. The number of alkyl halides is 2. The Labute approximate surface area is 172 Å². The number of fused-ring (bicyclic) bond motifs is 1. The molecule has 0 radical (unpaired) electrons. The third-order valence-corrected chi connectivity index (χ3v) is 5.18. The van der Waals surface area contributed by atoms with E-state index >= 15 is 0 Å². The first-order valence-corrected chi connectivity index (χ1v) is 9.94. The van der Waals surface area contributed by atoms with Gasteiger partial charge in [-0.2, -0.15) is 13.9 Å². The molecule has 29 heavy (non-hydrogen) atoms. The van der Waals surface area contributed by atoms with Crippen molar-refractivity contribution in [3.05, 3.63) is 52.9 Å². The van der Waals surface area contributed by atoms with Crippen LogP contribution in [0.25, 0.3) is 5.65 Å². The van der Waals surface area contributed by atoms with E-state index in [1.165, 1.54) is 6.07 Å². The van der Waals surface area contributed by atoms with Crippen LogP contribution in [0.3, 0.4) is 0 Å². The first-order chi connectivity index (χ1) is 14.0. The third-order valence-electron chi connectivity index (χ3n) is 4.78. The molecule has 1 fully saturated rings. The molecule has 0 spiro atoms. The molecular formula is C20H22F2N4O2S. The Morgan fingerprint density at radius 2 is 2.07 bits per heavy atom. The maximum Gasteiger partial charge on any atom is 0.387 e. The summed E-state index contributed by atoms with van der Waals surface area (Å²) in [6, 6.07) is 11.3. The summed E-state index contributed by atoms with van der Waals surface area (Å²) in [4.78, 5) is 2.29. The molecule has 1 aromatic carbocycles. The van der Waals surface area contributed by atoms with Gasteiger partial charge in [0.1, 0.15) is 0 Å². The van der Waals surface area contributed by atoms with Crippen molar-refractivity contribution in [1.82, 2.24) is 19.1 Å². The molecular weight excluding hydrogens is 398 g/mol. The minimum atomic E-state index is -2.89. The Kier molecular flexibility index (Phi) is 5.77. The van der Waals surface area contributed by atoms with Crippen LogP contribution in [0.1, 0.15) is 25.3 Å². The zero-order valence-corrected chi connectivity index (χ0v) is 16.8. The molecule has 154 valence electrons. The van der Waals surface area contributed by atoms with E-state index in [0.717, 1.165) is 24.1 Å². The van der Waals surface area contributed by atoms with Crippen LogP contribution in [0.4, 0.5) is 8.78 Å². The lowest BCUT2D eigenvalue weighted by Crippen LogP contribution is -2.29. The summed E-state index contributed by atoms with van der Waals surface area (Å²) >= 11 is 5.56. The van der Waals surface area contributed by atoms with Crippen LogP contribution in [-0.4, -0.2) is 38.3 Å². The van der Waals surface area contributed by atoms with E-state index in [2.05, 4.69) is 14.7 Å². The fourth-order valence-corrected chi connectivity index (χ4v) is 3.57. The fourth-order valence-electron chi connectivity index (χ4n) is 3.31. The lowest BCUT2D eigenvalue weighted by Gasteiger charge is -2.22. The molecule has 6 nitrogen and oxygen atoms in total. The third kappa shape index (κ3) is 4.56. The van der Waals surface area contributed by atoms with Crippen molar-refractivity contribution in [2.45, 2.75) is 45.6 Å². The summed E-state index contributed by atoms with van der Waals surface area (Å²) in [5.74, 6) is 0.372. The SMILES string of the molecule is CCOc1cc(CN(Cn2nc3ccccn3c2=S)C2CC2)ccc1OC(F)F. The number of nitrogens with zero attached hydrogens (tertiary/aromatic N) is 4. The number of hydrogen-bond acceptors (Lipinski definition) is 5. The van der Waals surface area contributed by atoms with Crippen LogP contribution in [0, 0.1) is 4.77 Å².